The number of carbonyl (C=O) groups is 1. The lowest BCUT2D eigenvalue weighted by Crippen LogP contribution is -2.13. The number of rotatable bonds is 9. The second-order valence-corrected chi connectivity index (χ2v) is 8.01. The molecular weight excluding hydrogens is 408 g/mol. The van der Waals surface area contributed by atoms with E-state index in [0.717, 1.165) is 46.9 Å². The van der Waals surface area contributed by atoms with E-state index in [4.69, 9.17) is 16.3 Å². The normalized spacial score (nSPS) is 12.6. The zero-order valence-electron chi connectivity index (χ0n) is 18.3. The fourth-order valence-electron chi connectivity index (χ4n) is 3.62. The highest BCUT2D eigenvalue weighted by Crippen LogP contribution is 2.28. The van der Waals surface area contributed by atoms with Crippen molar-refractivity contribution in [2.45, 2.75) is 45.6 Å². The van der Waals surface area contributed by atoms with Crippen molar-refractivity contribution in [3.05, 3.63) is 94.0 Å². The number of unbranched alkanes of at least 4 members (excludes halogenated alkanes) is 1. The van der Waals surface area contributed by atoms with Crippen LogP contribution in [0.25, 0.3) is 6.08 Å². The molecule has 0 aliphatic carbocycles. The van der Waals surface area contributed by atoms with Gasteiger partial charge in [-0.2, -0.15) is 0 Å². The van der Waals surface area contributed by atoms with Gasteiger partial charge >= 0.3 is 5.97 Å². The molecule has 31 heavy (non-hydrogen) atoms. The summed E-state index contributed by atoms with van der Waals surface area (Å²) in [7, 11) is 1.42. The van der Waals surface area contributed by atoms with Gasteiger partial charge in [-0.25, -0.2) is 9.78 Å². The Hall–Kier alpha value is -2.85. The van der Waals surface area contributed by atoms with Crippen LogP contribution in [0.15, 0.2) is 66.4 Å². The van der Waals surface area contributed by atoms with Gasteiger partial charge in [0.1, 0.15) is 5.82 Å². The first-order valence-corrected chi connectivity index (χ1v) is 11.1. The summed E-state index contributed by atoms with van der Waals surface area (Å²) in [6, 6.07) is 17.8. The molecule has 0 aliphatic rings. The molecule has 0 saturated carbocycles. The van der Waals surface area contributed by atoms with Gasteiger partial charge in [-0.15, -0.1) is 0 Å². The van der Waals surface area contributed by atoms with Crippen LogP contribution in [0.5, 0.6) is 0 Å². The fourth-order valence-corrected chi connectivity index (χ4v) is 3.81. The molecule has 0 amide bonds. The number of imidazole rings is 1. The largest absolute Gasteiger partial charge is 0.466 e. The van der Waals surface area contributed by atoms with Crippen molar-refractivity contribution in [2.24, 2.45) is 0 Å². The van der Waals surface area contributed by atoms with Crippen LogP contribution < -0.4 is 0 Å². The number of nitrogens with zero attached hydrogens (tertiary/aromatic N) is 2. The number of ether oxygens (including phenoxy) is 1. The molecule has 4 nitrogen and oxygen atoms in total. The number of aryl methyl sites for hydroxylation is 1. The molecule has 3 rings (SSSR count). The second kappa shape index (κ2) is 11.0. The number of hydrogen-bond acceptors (Lipinski definition) is 3. The number of benzene rings is 2. The Labute approximate surface area is 189 Å². The first-order chi connectivity index (χ1) is 15.0. The summed E-state index contributed by atoms with van der Waals surface area (Å²) < 4.78 is 7.27. The molecule has 1 heterocycles. The zero-order chi connectivity index (χ0) is 22.2. The molecule has 0 spiro atoms. The topological polar surface area (TPSA) is 44.1 Å². The Balaban J connectivity index is 2.05. The van der Waals surface area contributed by atoms with E-state index in [1.807, 2.05) is 73.8 Å². The average Bonchev–Trinajstić information content (AvgIpc) is 3.18. The van der Waals surface area contributed by atoms with Gasteiger partial charge in [0, 0.05) is 22.9 Å². The van der Waals surface area contributed by atoms with Crippen molar-refractivity contribution in [1.82, 2.24) is 9.55 Å². The maximum absolute atomic E-state index is 12.7. The number of carbonyl (C=O) groups excluding carboxylic acids is 1. The lowest BCUT2D eigenvalue weighted by Gasteiger charge is -2.16. The van der Waals surface area contributed by atoms with E-state index < -0.39 is 0 Å². The van der Waals surface area contributed by atoms with Crippen molar-refractivity contribution in [3.63, 3.8) is 0 Å². The van der Waals surface area contributed by atoms with Gasteiger partial charge in [-0.05, 0) is 29.7 Å². The molecule has 0 saturated heterocycles. The molecule has 162 valence electrons. The third-order valence-corrected chi connectivity index (χ3v) is 5.87. The van der Waals surface area contributed by atoms with Gasteiger partial charge in [0.05, 0.1) is 25.5 Å². The lowest BCUT2D eigenvalue weighted by atomic mass is 9.92. The summed E-state index contributed by atoms with van der Waals surface area (Å²) in [6.07, 6.45) is 6.75. The summed E-state index contributed by atoms with van der Waals surface area (Å²) in [5.41, 5.74) is 3.54. The molecule has 1 aromatic heterocycles. The molecule has 0 radical (unpaired) electrons. The van der Waals surface area contributed by atoms with Crippen LogP contribution in [-0.2, 0) is 22.5 Å². The highest BCUT2D eigenvalue weighted by Gasteiger charge is 2.21. The van der Waals surface area contributed by atoms with Gasteiger partial charge < -0.3 is 9.30 Å². The maximum atomic E-state index is 12.7. The van der Waals surface area contributed by atoms with Gasteiger partial charge in [0.15, 0.2) is 0 Å². The minimum absolute atomic E-state index is 0.114. The molecule has 5 heteroatoms. The molecule has 1 unspecified atom stereocenters. The fraction of sp³-hybridized carbons (Fsp3) is 0.308. The second-order valence-electron chi connectivity index (χ2n) is 7.60. The Bertz CT molecular complexity index is 1040. The monoisotopic (exact) mass is 436 g/mol. The minimum atomic E-state index is -0.336. The SMILES string of the molecule is CCCCc1ncc(/C=C(/C(=O)OC)C(C)c2ccccc2)n1Cc1ccccc1Cl. The van der Waals surface area contributed by atoms with Crippen LogP contribution >= 0.6 is 11.6 Å². The van der Waals surface area contributed by atoms with Crippen LogP contribution in [0.2, 0.25) is 5.02 Å². The van der Waals surface area contributed by atoms with Crippen molar-refractivity contribution in [1.29, 1.82) is 0 Å². The Morgan fingerprint density at radius 3 is 2.55 bits per heavy atom. The predicted octanol–water partition coefficient (Wildman–Crippen LogP) is 6.29. The predicted molar refractivity (Wildman–Crippen MR) is 126 cm³/mol. The third kappa shape index (κ3) is 5.65. The van der Waals surface area contributed by atoms with Crippen LogP contribution in [0, 0.1) is 0 Å². The van der Waals surface area contributed by atoms with E-state index in [1.165, 1.54) is 7.11 Å². The molecule has 1 atom stereocenters. The van der Waals surface area contributed by atoms with Crippen molar-refractivity contribution >= 4 is 23.6 Å². The Morgan fingerprint density at radius 1 is 1.16 bits per heavy atom. The van der Waals surface area contributed by atoms with Gasteiger partial charge in [0.2, 0.25) is 0 Å². The van der Waals surface area contributed by atoms with E-state index in [1.54, 1.807) is 0 Å². The van der Waals surface area contributed by atoms with E-state index in [0.29, 0.717) is 12.1 Å². The lowest BCUT2D eigenvalue weighted by molar-refractivity contribution is -0.136. The molecule has 0 N–H and O–H groups in total. The first-order valence-electron chi connectivity index (χ1n) is 10.7. The summed E-state index contributed by atoms with van der Waals surface area (Å²) >= 11 is 6.44. The average molecular weight is 437 g/mol. The standard InChI is InChI=1S/C26H29ClN2O2/c1-4-5-15-25-28-17-22(29(25)18-21-13-9-10-14-24(21)27)16-23(26(30)31-3)19(2)20-11-7-6-8-12-20/h6-14,16-17,19H,4-5,15,18H2,1-3H3/b23-16+. The summed E-state index contributed by atoms with van der Waals surface area (Å²) in [5.74, 6) is 0.540. The summed E-state index contributed by atoms with van der Waals surface area (Å²) in [5, 5.41) is 0.721. The molecule has 0 fully saturated rings. The van der Waals surface area contributed by atoms with Gasteiger partial charge in [-0.3, -0.25) is 0 Å². The van der Waals surface area contributed by atoms with Crippen molar-refractivity contribution < 1.29 is 9.53 Å². The van der Waals surface area contributed by atoms with Gasteiger partial charge in [0.25, 0.3) is 0 Å². The first kappa shape index (κ1) is 22.8. The van der Waals surface area contributed by atoms with Crippen LogP contribution in [0.4, 0.5) is 0 Å². The minimum Gasteiger partial charge on any atom is -0.466 e. The smallest absolute Gasteiger partial charge is 0.334 e. The summed E-state index contributed by atoms with van der Waals surface area (Å²) in [4.78, 5) is 17.4. The van der Waals surface area contributed by atoms with Crippen LogP contribution in [0.3, 0.4) is 0 Å². The molecule has 3 aromatic rings. The van der Waals surface area contributed by atoms with Crippen LogP contribution in [-0.4, -0.2) is 22.6 Å². The number of hydrogen-bond donors (Lipinski definition) is 0. The Morgan fingerprint density at radius 2 is 1.87 bits per heavy atom. The summed E-state index contributed by atoms with van der Waals surface area (Å²) in [6.45, 7) is 4.78. The highest BCUT2D eigenvalue weighted by molar-refractivity contribution is 6.31. The van der Waals surface area contributed by atoms with E-state index in [2.05, 4.69) is 16.5 Å². The number of esters is 1. The van der Waals surface area contributed by atoms with E-state index >= 15 is 0 Å². The van der Waals surface area contributed by atoms with Crippen molar-refractivity contribution in [3.8, 4) is 0 Å². The maximum Gasteiger partial charge on any atom is 0.334 e. The third-order valence-electron chi connectivity index (χ3n) is 5.50. The highest BCUT2D eigenvalue weighted by atomic mass is 35.5. The molecule has 0 aliphatic heterocycles. The molecule has 2 aromatic carbocycles. The number of aromatic nitrogens is 2. The van der Waals surface area contributed by atoms with E-state index in [-0.39, 0.29) is 11.9 Å². The number of halogens is 1. The zero-order valence-corrected chi connectivity index (χ0v) is 19.1. The van der Waals surface area contributed by atoms with Gasteiger partial charge in [-0.1, -0.05) is 80.4 Å². The van der Waals surface area contributed by atoms with Crippen LogP contribution in [0.1, 0.15) is 55.3 Å². The van der Waals surface area contributed by atoms with E-state index in [9.17, 15) is 4.79 Å². The number of methoxy groups -OCH3 is 1. The molecular formula is C26H29ClN2O2. The molecule has 0 bridgehead atoms. The van der Waals surface area contributed by atoms with Crippen molar-refractivity contribution in [2.75, 3.05) is 7.11 Å². The quantitative estimate of drug-likeness (QED) is 0.292. The Kier molecular flexibility index (Phi) is 8.07.